The molecule has 0 amide bonds. The molecule has 0 fully saturated rings. The minimum absolute atomic E-state index is 0.00129. The fourth-order valence-corrected chi connectivity index (χ4v) is 1.58. The van der Waals surface area contributed by atoms with Gasteiger partial charge in [-0.25, -0.2) is 14.8 Å². The van der Waals surface area contributed by atoms with Crippen molar-refractivity contribution in [2.45, 2.75) is 6.92 Å². The summed E-state index contributed by atoms with van der Waals surface area (Å²) in [6.07, 6.45) is 2.93. The van der Waals surface area contributed by atoms with Crippen LogP contribution in [-0.4, -0.2) is 27.7 Å². The molecular weight excluding hydrogens is 260 g/mol. The first-order valence-corrected chi connectivity index (χ1v) is 5.95. The van der Waals surface area contributed by atoms with E-state index in [4.69, 9.17) is 15.6 Å². The molecule has 2 aromatic rings. The van der Waals surface area contributed by atoms with Crippen molar-refractivity contribution >= 4 is 23.2 Å². The molecule has 0 radical (unpaired) electrons. The maximum atomic E-state index is 11.0. The topological polar surface area (TPSA) is 110 Å². The van der Waals surface area contributed by atoms with Crippen LogP contribution in [0.4, 0.5) is 17.2 Å². The van der Waals surface area contributed by atoms with E-state index in [1.165, 1.54) is 12.3 Å². The van der Waals surface area contributed by atoms with Crippen molar-refractivity contribution in [1.82, 2.24) is 9.97 Å². The van der Waals surface area contributed by atoms with E-state index in [1.54, 1.807) is 18.3 Å². The molecule has 2 aromatic heterocycles. The van der Waals surface area contributed by atoms with E-state index in [-0.39, 0.29) is 17.1 Å². The Morgan fingerprint density at radius 1 is 1.40 bits per heavy atom. The molecule has 0 atom stereocenters. The molecule has 0 aromatic carbocycles. The van der Waals surface area contributed by atoms with Crippen LogP contribution in [0.15, 0.2) is 30.6 Å². The number of nitrogen functional groups attached to an aromatic ring is 1. The minimum Gasteiger partial charge on any atom is -0.478 e. The lowest BCUT2D eigenvalue weighted by atomic mass is 10.2. The molecule has 0 bridgehead atoms. The standard InChI is InChI=1S/C13H14N4O3/c1-2-20-10-4-3-8(7-16-10)17-12-11(14)9(13(18)19)5-6-15-12/h3-7H,2,14H2,1H3,(H,15,17)(H,18,19). The molecule has 7 heteroatoms. The van der Waals surface area contributed by atoms with Crippen molar-refractivity contribution in [3.63, 3.8) is 0 Å². The summed E-state index contributed by atoms with van der Waals surface area (Å²) in [5, 5.41) is 11.9. The number of carboxylic acid groups (broad SMARTS) is 1. The van der Waals surface area contributed by atoms with Gasteiger partial charge in [-0.2, -0.15) is 0 Å². The van der Waals surface area contributed by atoms with Crippen molar-refractivity contribution in [2.24, 2.45) is 0 Å². The Balaban J connectivity index is 2.21. The minimum atomic E-state index is -1.10. The van der Waals surface area contributed by atoms with Crippen molar-refractivity contribution in [3.05, 3.63) is 36.2 Å². The largest absolute Gasteiger partial charge is 0.478 e. The van der Waals surface area contributed by atoms with Crippen molar-refractivity contribution in [1.29, 1.82) is 0 Å². The number of anilines is 3. The van der Waals surface area contributed by atoms with Crippen LogP contribution in [0.2, 0.25) is 0 Å². The maximum Gasteiger partial charge on any atom is 0.337 e. The first kappa shape index (κ1) is 13.6. The van der Waals surface area contributed by atoms with E-state index < -0.39 is 5.97 Å². The third-order valence-corrected chi connectivity index (χ3v) is 2.51. The number of carboxylic acids is 1. The number of nitrogens with zero attached hydrogens (tertiary/aromatic N) is 2. The van der Waals surface area contributed by atoms with Crippen LogP contribution in [0.1, 0.15) is 17.3 Å². The predicted octanol–water partition coefficient (Wildman–Crippen LogP) is 1.90. The Labute approximate surface area is 115 Å². The molecule has 0 saturated heterocycles. The highest BCUT2D eigenvalue weighted by Crippen LogP contribution is 2.24. The molecule has 0 saturated carbocycles. The van der Waals surface area contributed by atoms with Gasteiger partial charge >= 0.3 is 5.97 Å². The van der Waals surface area contributed by atoms with Gasteiger partial charge in [-0.1, -0.05) is 0 Å². The Morgan fingerprint density at radius 3 is 2.80 bits per heavy atom. The Kier molecular flexibility index (Phi) is 3.99. The van der Waals surface area contributed by atoms with Gasteiger partial charge in [-0.05, 0) is 19.1 Å². The number of ether oxygens (including phenoxy) is 1. The lowest BCUT2D eigenvalue weighted by Gasteiger charge is -2.10. The lowest BCUT2D eigenvalue weighted by molar-refractivity contribution is 0.0698. The molecule has 0 aliphatic heterocycles. The SMILES string of the molecule is CCOc1ccc(Nc2nccc(C(=O)O)c2N)cn1. The van der Waals surface area contributed by atoms with E-state index >= 15 is 0 Å². The van der Waals surface area contributed by atoms with Crippen LogP contribution in [0, 0.1) is 0 Å². The summed E-state index contributed by atoms with van der Waals surface area (Å²) in [5.41, 5.74) is 6.47. The van der Waals surface area contributed by atoms with E-state index in [0.29, 0.717) is 18.2 Å². The van der Waals surface area contributed by atoms with Crippen LogP contribution in [0.3, 0.4) is 0 Å². The molecule has 2 heterocycles. The number of pyridine rings is 2. The second-order valence-corrected chi connectivity index (χ2v) is 3.87. The van der Waals surface area contributed by atoms with Gasteiger partial charge in [0.05, 0.1) is 29.7 Å². The first-order chi connectivity index (χ1) is 9.61. The van der Waals surface area contributed by atoms with E-state index in [1.807, 2.05) is 6.92 Å². The normalized spacial score (nSPS) is 10.1. The molecule has 0 spiro atoms. The fraction of sp³-hybridized carbons (Fsp3) is 0.154. The predicted molar refractivity (Wildman–Crippen MR) is 74.3 cm³/mol. The summed E-state index contributed by atoms with van der Waals surface area (Å²) in [6, 6.07) is 4.79. The van der Waals surface area contributed by atoms with Crippen molar-refractivity contribution in [3.8, 4) is 5.88 Å². The van der Waals surface area contributed by atoms with Crippen LogP contribution < -0.4 is 15.8 Å². The zero-order valence-corrected chi connectivity index (χ0v) is 10.8. The zero-order chi connectivity index (χ0) is 14.5. The van der Waals surface area contributed by atoms with Gasteiger partial charge in [0.15, 0.2) is 5.82 Å². The molecule has 4 N–H and O–H groups in total. The number of nitrogens with two attached hydrogens (primary N) is 1. The highest BCUT2D eigenvalue weighted by atomic mass is 16.5. The van der Waals surface area contributed by atoms with E-state index in [0.717, 1.165) is 0 Å². The van der Waals surface area contributed by atoms with Crippen molar-refractivity contribution in [2.75, 3.05) is 17.7 Å². The third-order valence-electron chi connectivity index (χ3n) is 2.51. The molecule has 0 aliphatic rings. The van der Waals surface area contributed by atoms with Gasteiger partial charge < -0.3 is 20.9 Å². The highest BCUT2D eigenvalue weighted by Gasteiger charge is 2.12. The summed E-state index contributed by atoms with van der Waals surface area (Å²) < 4.78 is 5.23. The zero-order valence-electron chi connectivity index (χ0n) is 10.8. The molecule has 0 aliphatic carbocycles. The molecule has 7 nitrogen and oxygen atoms in total. The van der Waals surface area contributed by atoms with Gasteiger partial charge in [0, 0.05) is 12.3 Å². The van der Waals surface area contributed by atoms with Crippen LogP contribution in [0.5, 0.6) is 5.88 Å². The molecular formula is C13H14N4O3. The fourth-order valence-electron chi connectivity index (χ4n) is 1.58. The first-order valence-electron chi connectivity index (χ1n) is 5.95. The van der Waals surface area contributed by atoms with Gasteiger partial charge in [0.25, 0.3) is 0 Å². The van der Waals surface area contributed by atoms with Crippen LogP contribution in [-0.2, 0) is 0 Å². The number of rotatable bonds is 5. The average Bonchev–Trinajstić information content (AvgIpc) is 2.43. The smallest absolute Gasteiger partial charge is 0.337 e. The number of hydrogen-bond donors (Lipinski definition) is 3. The van der Waals surface area contributed by atoms with Gasteiger partial charge in [-0.3, -0.25) is 0 Å². The maximum absolute atomic E-state index is 11.0. The monoisotopic (exact) mass is 274 g/mol. The lowest BCUT2D eigenvalue weighted by Crippen LogP contribution is -2.07. The van der Waals surface area contributed by atoms with Gasteiger partial charge in [0.1, 0.15) is 0 Å². The van der Waals surface area contributed by atoms with Gasteiger partial charge in [-0.15, -0.1) is 0 Å². The van der Waals surface area contributed by atoms with Crippen LogP contribution in [0.25, 0.3) is 0 Å². The van der Waals surface area contributed by atoms with E-state index in [9.17, 15) is 4.79 Å². The van der Waals surface area contributed by atoms with Crippen molar-refractivity contribution < 1.29 is 14.6 Å². The molecule has 0 unspecified atom stereocenters. The number of aromatic nitrogens is 2. The second kappa shape index (κ2) is 5.87. The summed E-state index contributed by atoms with van der Waals surface area (Å²) in [7, 11) is 0. The number of aromatic carboxylic acids is 1. The summed E-state index contributed by atoms with van der Waals surface area (Å²) >= 11 is 0. The Bertz CT molecular complexity index is 614. The summed E-state index contributed by atoms with van der Waals surface area (Å²) in [5.74, 6) is -0.313. The molecule has 2 rings (SSSR count). The second-order valence-electron chi connectivity index (χ2n) is 3.87. The Morgan fingerprint density at radius 2 is 2.20 bits per heavy atom. The third kappa shape index (κ3) is 2.94. The summed E-state index contributed by atoms with van der Waals surface area (Å²) in [4.78, 5) is 19.1. The molecule has 104 valence electrons. The van der Waals surface area contributed by atoms with Crippen LogP contribution >= 0.6 is 0 Å². The van der Waals surface area contributed by atoms with Gasteiger partial charge in [0.2, 0.25) is 5.88 Å². The number of carbonyl (C=O) groups is 1. The number of nitrogens with one attached hydrogen (secondary N) is 1. The highest BCUT2D eigenvalue weighted by molar-refractivity contribution is 5.96. The molecule has 20 heavy (non-hydrogen) atoms. The Hall–Kier alpha value is -2.83. The summed E-state index contributed by atoms with van der Waals surface area (Å²) in [6.45, 7) is 2.41. The quantitative estimate of drug-likeness (QED) is 0.763. The average molecular weight is 274 g/mol. The van der Waals surface area contributed by atoms with E-state index in [2.05, 4.69) is 15.3 Å². The number of hydrogen-bond acceptors (Lipinski definition) is 6.